The zero-order valence-corrected chi connectivity index (χ0v) is 12.2. The summed E-state index contributed by atoms with van der Waals surface area (Å²) in [5, 5.41) is 12.6. The number of hydrogen-bond donors (Lipinski definition) is 2. The number of amides is 1. The Kier molecular flexibility index (Phi) is 7.01. The van der Waals surface area contributed by atoms with Crippen LogP contribution < -0.4 is 10.9 Å². The van der Waals surface area contributed by atoms with Crippen LogP contribution in [0, 0.1) is 5.92 Å². The first-order valence-electron chi connectivity index (χ1n) is 7.18. The summed E-state index contributed by atoms with van der Waals surface area (Å²) in [5.41, 5.74) is -0.114. The minimum absolute atomic E-state index is 0.114. The van der Waals surface area contributed by atoms with Crippen molar-refractivity contribution in [2.45, 2.75) is 45.8 Å². The molecule has 5 heteroatoms. The molecule has 0 fully saturated rings. The Bertz CT molecular complexity index is 466. The van der Waals surface area contributed by atoms with Gasteiger partial charge in [-0.3, -0.25) is 9.59 Å². The van der Waals surface area contributed by atoms with E-state index >= 15 is 0 Å². The number of aliphatic hydroxyl groups excluding tert-OH is 1. The fourth-order valence-electron chi connectivity index (χ4n) is 2.17. The van der Waals surface area contributed by atoms with Gasteiger partial charge < -0.3 is 15.0 Å². The van der Waals surface area contributed by atoms with E-state index in [0.29, 0.717) is 6.54 Å². The Hall–Kier alpha value is -1.62. The van der Waals surface area contributed by atoms with Crippen LogP contribution in [-0.2, 0) is 11.3 Å². The molecule has 0 spiro atoms. The second kappa shape index (κ2) is 8.53. The number of nitrogens with one attached hydrogen (secondary N) is 1. The van der Waals surface area contributed by atoms with Crippen LogP contribution in [0.1, 0.15) is 33.1 Å². The monoisotopic (exact) mass is 280 g/mol. The number of hydrogen-bond acceptors (Lipinski definition) is 3. The molecular weight excluding hydrogens is 256 g/mol. The molecule has 1 atom stereocenters. The lowest BCUT2D eigenvalue weighted by Gasteiger charge is -2.20. The summed E-state index contributed by atoms with van der Waals surface area (Å²) in [5.74, 6) is 0.0674. The number of aliphatic hydroxyl groups is 1. The molecule has 0 aliphatic rings. The van der Waals surface area contributed by atoms with Gasteiger partial charge in [-0.2, -0.15) is 0 Å². The van der Waals surface area contributed by atoms with Crippen molar-refractivity contribution in [1.82, 2.24) is 9.88 Å². The number of carbonyl (C=O) groups is 1. The number of carbonyl (C=O) groups excluding carboxylic acids is 1. The van der Waals surface area contributed by atoms with Gasteiger partial charge in [0.25, 0.3) is 5.56 Å². The zero-order chi connectivity index (χ0) is 15.0. The van der Waals surface area contributed by atoms with Crippen molar-refractivity contribution in [3.63, 3.8) is 0 Å². The average Bonchev–Trinajstić information content (AvgIpc) is 2.45. The topological polar surface area (TPSA) is 71.3 Å². The lowest BCUT2D eigenvalue weighted by Crippen LogP contribution is -2.36. The molecule has 1 amide bonds. The molecular formula is C15H24N2O3. The van der Waals surface area contributed by atoms with E-state index in [2.05, 4.69) is 5.32 Å². The van der Waals surface area contributed by atoms with E-state index in [1.54, 1.807) is 18.3 Å². The fraction of sp³-hybridized carbons (Fsp3) is 0.600. The van der Waals surface area contributed by atoms with Crippen LogP contribution in [0.15, 0.2) is 29.2 Å². The minimum Gasteiger partial charge on any atom is -0.391 e. The first-order chi connectivity index (χ1) is 9.58. The molecule has 112 valence electrons. The lowest BCUT2D eigenvalue weighted by molar-refractivity contribution is -0.122. The number of aryl methyl sites for hydroxylation is 1. The Morgan fingerprint density at radius 2 is 2.05 bits per heavy atom. The van der Waals surface area contributed by atoms with Crippen molar-refractivity contribution in [1.29, 1.82) is 0 Å². The molecule has 1 aromatic rings. The molecule has 0 saturated heterocycles. The first-order valence-corrected chi connectivity index (χ1v) is 7.18. The van der Waals surface area contributed by atoms with Gasteiger partial charge in [0.15, 0.2) is 0 Å². The van der Waals surface area contributed by atoms with Crippen molar-refractivity contribution in [3.8, 4) is 0 Å². The third-order valence-corrected chi connectivity index (χ3v) is 3.58. The second-order valence-corrected chi connectivity index (χ2v) is 4.93. The van der Waals surface area contributed by atoms with Gasteiger partial charge in [-0.05, 0) is 12.0 Å². The first kappa shape index (κ1) is 16.4. The Morgan fingerprint density at radius 1 is 1.35 bits per heavy atom. The van der Waals surface area contributed by atoms with Gasteiger partial charge >= 0.3 is 0 Å². The molecule has 0 aliphatic heterocycles. The highest BCUT2D eigenvalue weighted by molar-refractivity contribution is 5.75. The maximum atomic E-state index is 11.7. The van der Waals surface area contributed by atoms with Crippen molar-refractivity contribution in [2.24, 2.45) is 5.92 Å². The van der Waals surface area contributed by atoms with Crippen LogP contribution >= 0.6 is 0 Å². The standard InChI is InChI=1S/C15H24N2O3/c1-3-12(4-2)13(18)11-16-14(19)8-10-17-9-6-5-7-15(17)20/h5-7,9,12-13,18H,3-4,8,10-11H2,1-2H3,(H,16,19). The van der Waals surface area contributed by atoms with E-state index in [9.17, 15) is 14.7 Å². The van der Waals surface area contributed by atoms with Gasteiger partial charge in [-0.1, -0.05) is 32.8 Å². The van der Waals surface area contributed by atoms with Gasteiger partial charge in [-0.15, -0.1) is 0 Å². The third kappa shape index (κ3) is 5.17. The van der Waals surface area contributed by atoms with Crippen molar-refractivity contribution >= 4 is 5.91 Å². The molecule has 20 heavy (non-hydrogen) atoms. The molecule has 2 N–H and O–H groups in total. The molecule has 5 nitrogen and oxygen atoms in total. The molecule has 1 unspecified atom stereocenters. The largest absolute Gasteiger partial charge is 0.391 e. The SMILES string of the molecule is CCC(CC)C(O)CNC(=O)CCn1ccccc1=O. The van der Waals surface area contributed by atoms with E-state index in [1.807, 2.05) is 13.8 Å². The molecule has 1 rings (SSSR count). The van der Waals surface area contributed by atoms with Crippen molar-refractivity contribution < 1.29 is 9.90 Å². The van der Waals surface area contributed by atoms with Gasteiger partial charge in [-0.25, -0.2) is 0 Å². The van der Waals surface area contributed by atoms with Crippen LogP contribution in [0.5, 0.6) is 0 Å². The Morgan fingerprint density at radius 3 is 2.65 bits per heavy atom. The van der Waals surface area contributed by atoms with Crippen LogP contribution in [-0.4, -0.2) is 28.2 Å². The molecule has 0 saturated carbocycles. The van der Waals surface area contributed by atoms with Crippen LogP contribution in [0.25, 0.3) is 0 Å². The molecule has 0 aliphatic carbocycles. The van der Waals surface area contributed by atoms with Crippen molar-refractivity contribution in [3.05, 3.63) is 34.7 Å². The smallest absolute Gasteiger partial charge is 0.250 e. The predicted molar refractivity (Wildman–Crippen MR) is 78.4 cm³/mol. The van der Waals surface area contributed by atoms with Crippen LogP contribution in [0.4, 0.5) is 0 Å². The van der Waals surface area contributed by atoms with Crippen LogP contribution in [0.3, 0.4) is 0 Å². The molecule has 1 aromatic heterocycles. The molecule has 1 heterocycles. The number of rotatable bonds is 8. The predicted octanol–water partition coefficient (Wildman–Crippen LogP) is 1.15. The third-order valence-electron chi connectivity index (χ3n) is 3.58. The van der Waals surface area contributed by atoms with E-state index in [-0.39, 0.29) is 30.3 Å². The average molecular weight is 280 g/mol. The van der Waals surface area contributed by atoms with Gasteiger partial charge in [0.2, 0.25) is 5.91 Å². The maximum Gasteiger partial charge on any atom is 0.250 e. The summed E-state index contributed by atoms with van der Waals surface area (Å²) < 4.78 is 1.50. The summed E-state index contributed by atoms with van der Waals surface area (Å²) in [6.45, 7) is 4.68. The number of nitrogens with zero attached hydrogens (tertiary/aromatic N) is 1. The van der Waals surface area contributed by atoms with E-state index in [0.717, 1.165) is 12.8 Å². The molecule has 0 bridgehead atoms. The maximum absolute atomic E-state index is 11.7. The van der Waals surface area contributed by atoms with E-state index in [4.69, 9.17) is 0 Å². The summed E-state index contributed by atoms with van der Waals surface area (Å²) in [7, 11) is 0. The minimum atomic E-state index is -0.506. The number of aromatic nitrogens is 1. The zero-order valence-electron chi connectivity index (χ0n) is 12.2. The normalized spacial score (nSPS) is 12.4. The summed E-state index contributed by atoms with van der Waals surface area (Å²) >= 11 is 0. The fourth-order valence-corrected chi connectivity index (χ4v) is 2.17. The highest BCUT2D eigenvalue weighted by atomic mass is 16.3. The van der Waals surface area contributed by atoms with Gasteiger partial charge in [0.05, 0.1) is 6.10 Å². The van der Waals surface area contributed by atoms with Gasteiger partial charge in [0.1, 0.15) is 0 Å². The Balaban J connectivity index is 2.34. The van der Waals surface area contributed by atoms with Crippen molar-refractivity contribution in [2.75, 3.05) is 6.54 Å². The van der Waals surface area contributed by atoms with Crippen LogP contribution in [0.2, 0.25) is 0 Å². The summed E-state index contributed by atoms with van der Waals surface area (Å²) in [6.07, 6.45) is 3.18. The molecule has 0 radical (unpaired) electrons. The summed E-state index contributed by atoms with van der Waals surface area (Å²) in [4.78, 5) is 23.1. The Labute approximate surface area is 119 Å². The quantitative estimate of drug-likeness (QED) is 0.750. The second-order valence-electron chi connectivity index (χ2n) is 4.93. The molecule has 0 aromatic carbocycles. The van der Waals surface area contributed by atoms with E-state index in [1.165, 1.54) is 10.6 Å². The summed E-state index contributed by atoms with van der Waals surface area (Å²) in [6, 6.07) is 4.90. The lowest BCUT2D eigenvalue weighted by atomic mass is 9.96. The van der Waals surface area contributed by atoms with E-state index < -0.39 is 6.10 Å². The highest BCUT2D eigenvalue weighted by Gasteiger charge is 2.16. The number of pyridine rings is 1. The highest BCUT2D eigenvalue weighted by Crippen LogP contribution is 2.12. The van der Waals surface area contributed by atoms with Gasteiger partial charge in [0, 0.05) is 31.8 Å².